The molecule has 138 valence electrons. The minimum absolute atomic E-state index is 0.623. The average Bonchev–Trinajstić information content (AvgIpc) is 3.40. The SMILES string of the molecule is COc1ccc2c(c1)-n1nncc1Cc1c(C#Cc3cnc(C)n3C)ncn1-2. The minimum atomic E-state index is 0.623. The van der Waals surface area contributed by atoms with Gasteiger partial charge in [0, 0.05) is 19.5 Å². The molecule has 0 saturated carbocycles. The molecule has 4 heterocycles. The van der Waals surface area contributed by atoms with Gasteiger partial charge < -0.3 is 9.30 Å². The van der Waals surface area contributed by atoms with Crippen molar-refractivity contribution in [2.75, 3.05) is 7.11 Å². The Morgan fingerprint density at radius 1 is 1.11 bits per heavy atom. The van der Waals surface area contributed by atoms with E-state index in [0.717, 1.165) is 45.7 Å². The summed E-state index contributed by atoms with van der Waals surface area (Å²) < 4.78 is 11.2. The van der Waals surface area contributed by atoms with Gasteiger partial charge in [-0.15, -0.1) is 5.10 Å². The zero-order valence-electron chi connectivity index (χ0n) is 15.7. The molecule has 0 N–H and O–H groups in total. The first kappa shape index (κ1) is 16.3. The van der Waals surface area contributed by atoms with E-state index in [-0.39, 0.29) is 0 Å². The van der Waals surface area contributed by atoms with E-state index >= 15 is 0 Å². The molecule has 0 fully saturated rings. The number of aryl methyl sites for hydroxylation is 1. The number of aromatic nitrogens is 7. The first-order valence-corrected chi connectivity index (χ1v) is 8.80. The lowest BCUT2D eigenvalue weighted by Crippen LogP contribution is -2.03. The molecule has 0 bridgehead atoms. The van der Waals surface area contributed by atoms with Crippen molar-refractivity contribution in [3.05, 3.63) is 65.5 Å². The van der Waals surface area contributed by atoms with Gasteiger partial charge in [-0.05, 0) is 30.9 Å². The monoisotopic (exact) mass is 371 g/mol. The fraction of sp³-hybridized carbons (Fsp3) is 0.200. The number of methoxy groups -OCH3 is 1. The van der Waals surface area contributed by atoms with Crippen LogP contribution >= 0.6 is 0 Å². The van der Waals surface area contributed by atoms with E-state index in [0.29, 0.717) is 6.42 Å². The van der Waals surface area contributed by atoms with Crippen molar-refractivity contribution >= 4 is 0 Å². The number of imidazole rings is 2. The maximum Gasteiger partial charge on any atom is 0.135 e. The summed E-state index contributed by atoms with van der Waals surface area (Å²) in [6, 6.07) is 5.87. The van der Waals surface area contributed by atoms with E-state index in [1.54, 1.807) is 25.8 Å². The third-order valence-electron chi connectivity index (χ3n) is 5.03. The molecule has 0 atom stereocenters. The van der Waals surface area contributed by atoms with Crippen molar-refractivity contribution < 1.29 is 4.74 Å². The minimum Gasteiger partial charge on any atom is -0.497 e. The molecule has 1 aliphatic heterocycles. The summed E-state index contributed by atoms with van der Waals surface area (Å²) in [5.74, 6) is 8.07. The fourth-order valence-corrected chi connectivity index (χ4v) is 3.35. The molecule has 1 aromatic carbocycles. The van der Waals surface area contributed by atoms with Gasteiger partial charge in [-0.3, -0.25) is 4.57 Å². The molecule has 0 aliphatic carbocycles. The highest BCUT2D eigenvalue weighted by molar-refractivity contribution is 5.59. The van der Waals surface area contributed by atoms with Crippen LogP contribution in [0, 0.1) is 18.8 Å². The van der Waals surface area contributed by atoms with Crippen LogP contribution in [0.15, 0.2) is 36.9 Å². The van der Waals surface area contributed by atoms with Crippen LogP contribution in [0.5, 0.6) is 5.75 Å². The first-order chi connectivity index (χ1) is 13.7. The topological polar surface area (TPSA) is 75.6 Å². The zero-order chi connectivity index (χ0) is 19.3. The van der Waals surface area contributed by atoms with Crippen LogP contribution in [0.3, 0.4) is 0 Å². The Labute approximate surface area is 161 Å². The van der Waals surface area contributed by atoms with E-state index in [4.69, 9.17) is 4.74 Å². The molecule has 0 saturated heterocycles. The summed E-state index contributed by atoms with van der Waals surface area (Å²) in [7, 11) is 3.60. The van der Waals surface area contributed by atoms with E-state index in [9.17, 15) is 0 Å². The molecule has 0 unspecified atom stereocenters. The Morgan fingerprint density at radius 3 is 2.79 bits per heavy atom. The Hall–Kier alpha value is -3.86. The second kappa shape index (κ2) is 6.09. The van der Waals surface area contributed by atoms with Crippen molar-refractivity contribution in [2.45, 2.75) is 13.3 Å². The molecule has 28 heavy (non-hydrogen) atoms. The molecule has 8 nitrogen and oxygen atoms in total. The van der Waals surface area contributed by atoms with Gasteiger partial charge in [0.1, 0.15) is 29.3 Å². The Kier molecular flexibility index (Phi) is 3.55. The highest BCUT2D eigenvalue weighted by atomic mass is 16.5. The highest BCUT2D eigenvalue weighted by Gasteiger charge is 2.23. The third kappa shape index (κ3) is 2.41. The third-order valence-corrected chi connectivity index (χ3v) is 5.03. The van der Waals surface area contributed by atoms with Crippen LogP contribution in [0.1, 0.15) is 28.6 Å². The van der Waals surface area contributed by atoms with E-state index in [2.05, 4.69) is 36.7 Å². The van der Waals surface area contributed by atoms with Crippen LogP contribution in [0.25, 0.3) is 11.4 Å². The molecule has 5 rings (SSSR count). The number of benzene rings is 1. The number of fused-ring (bicyclic) bond motifs is 5. The maximum atomic E-state index is 5.39. The number of hydrogen-bond acceptors (Lipinski definition) is 5. The van der Waals surface area contributed by atoms with Crippen molar-refractivity contribution in [1.82, 2.24) is 34.1 Å². The van der Waals surface area contributed by atoms with Crippen LogP contribution in [-0.4, -0.2) is 41.2 Å². The summed E-state index contributed by atoms with van der Waals surface area (Å²) in [4.78, 5) is 8.86. The largest absolute Gasteiger partial charge is 0.497 e. The van der Waals surface area contributed by atoms with Crippen LogP contribution in [0.4, 0.5) is 0 Å². The highest BCUT2D eigenvalue weighted by Crippen LogP contribution is 2.30. The number of hydrogen-bond donors (Lipinski definition) is 0. The lowest BCUT2D eigenvalue weighted by Gasteiger charge is -2.11. The molecular weight excluding hydrogens is 354 g/mol. The molecule has 0 spiro atoms. The quantitative estimate of drug-likeness (QED) is 0.420. The predicted molar refractivity (Wildman–Crippen MR) is 102 cm³/mol. The summed E-state index contributed by atoms with van der Waals surface area (Å²) in [5.41, 5.74) is 5.40. The second-order valence-corrected chi connectivity index (χ2v) is 6.58. The molecule has 0 amide bonds. The van der Waals surface area contributed by atoms with Gasteiger partial charge >= 0.3 is 0 Å². The normalized spacial score (nSPS) is 11.7. The van der Waals surface area contributed by atoms with Crippen LogP contribution in [0.2, 0.25) is 0 Å². The van der Waals surface area contributed by atoms with Gasteiger partial charge in [-0.2, -0.15) is 0 Å². The molecule has 1 aliphatic rings. The number of ether oxygens (including phenoxy) is 1. The number of rotatable bonds is 1. The van der Waals surface area contributed by atoms with Gasteiger partial charge in [0.25, 0.3) is 0 Å². The van der Waals surface area contributed by atoms with Crippen molar-refractivity contribution in [1.29, 1.82) is 0 Å². The number of nitrogens with zero attached hydrogens (tertiary/aromatic N) is 7. The molecule has 0 radical (unpaired) electrons. The second-order valence-electron chi connectivity index (χ2n) is 6.58. The average molecular weight is 371 g/mol. The summed E-state index contributed by atoms with van der Waals surface area (Å²) in [6.45, 7) is 1.95. The van der Waals surface area contributed by atoms with Gasteiger partial charge in [-0.25, -0.2) is 14.6 Å². The lowest BCUT2D eigenvalue weighted by molar-refractivity contribution is 0.414. The Bertz CT molecular complexity index is 1270. The lowest BCUT2D eigenvalue weighted by atomic mass is 10.2. The molecular formula is C20H17N7O. The van der Waals surface area contributed by atoms with Gasteiger partial charge in [0.05, 0.1) is 42.3 Å². The van der Waals surface area contributed by atoms with Gasteiger partial charge in [0.2, 0.25) is 0 Å². The van der Waals surface area contributed by atoms with Gasteiger partial charge in [-0.1, -0.05) is 5.21 Å². The zero-order valence-corrected chi connectivity index (χ0v) is 15.7. The summed E-state index contributed by atoms with van der Waals surface area (Å²) in [6.07, 6.45) is 5.97. The van der Waals surface area contributed by atoms with Crippen molar-refractivity contribution in [3.8, 4) is 29.0 Å². The van der Waals surface area contributed by atoms with E-state index in [1.807, 2.05) is 41.4 Å². The van der Waals surface area contributed by atoms with E-state index < -0.39 is 0 Å². The smallest absolute Gasteiger partial charge is 0.135 e. The van der Waals surface area contributed by atoms with Crippen molar-refractivity contribution in [2.24, 2.45) is 7.05 Å². The maximum absolute atomic E-state index is 5.39. The van der Waals surface area contributed by atoms with Gasteiger partial charge in [0.15, 0.2) is 0 Å². The van der Waals surface area contributed by atoms with Crippen molar-refractivity contribution in [3.63, 3.8) is 0 Å². The first-order valence-electron chi connectivity index (χ1n) is 8.80. The van der Waals surface area contributed by atoms with Crippen LogP contribution in [-0.2, 0) is 13.5 Å². The Morgan fingerprint density at radius 2 is 2.00 bits per heavy atom. The molecule has 4 aromatic rings. The standard InChI is InChI=1S/C20H17N7O/c1-13-21-10-14(25(13)2)4-6-17-19-8-15-11-23-24-27(15)20-9-16(28-3)5-7-18(20)26(19)12-22-17/h5,7,9-12H,8H2,1-3H3. The summed E-state index contributed by atoms with van der Waals surface area (Å²) in [5, 5.41) is 8.35. The van der Waals surface area contributed by atoms with E-state index in [1.165, 1.54) is 0 Å². The predicted octanol–water partition coefficient (Wildman–Crippen LogP) is 1.81. The summed E-state index contributed by atoms with van der Waals surface area (Å²) >= 11 is 0. The fourth-order valence-electron chi connectivity index (χ4n) is 3.35. The Balaban J connectivity index is 1.67. The molecule has 8 heteroatoms. The molecule has 3 aromatic heterocycles. The van der Waals surface area contributed by atoms with Crippen LogP contribution < -0.4 is 4.74 Å².